The van der Waals surface area contributed by atoms with Crippen LogP contribution in [0.2, 0.25) is 0 Å². The normalized spacial score (nSPS) is 17.6. The molecule has 1 aliphatic heterocycles. The Labute approximate surface area is 246 Å². The smallest absolute Gasteiger partial charge is 0.321 e. The monoisotopic (exact) mass is 596 g/mol. The third kappa shape index (κ3) is 7.12. The number of anilines is 2. The molecule has 12 heteroatoms. The van der Waals surface area contributed by atoms with Gasteiger partial charge in [-0.3, -0.25) is 9.52 Å². The Morgan fingerprint density at radius 1 is 1.12 bits per heavy atom. The minimum Gasteiger partial charge on any atom is -0.497 e. The fourth-order valence-electron chi connectivity index (χ4n) is 4.56. The molecule has 3 aromatic rings. The molecular weight excluding hydrogens is 560 g/mol. The van der Waals surface area contributed by atoms with Crippen molar-refractivity contribution in [3.63, 3.8) is 0 Å². The summed E-state index contributed by atoms with van der Waals surface area (Å²) in [6.07, 6.45) is -0.524. The molecule has 1 heterocycles. The molecule has 1 aliphatic rings. The molecular formula is C30H36N4O7S. The summed E-state index contributed by atoms with van der Waals surface area (Å²) in [6, 6.07) is 18.5. The highest BCUT2D eigenvalue weighted by Crippen LogP contribution is 2.31. The van der Waals surface area contributed by atoms with Crippen LogP contribution < -0.4 is 19.5 Å². The molecule has 4 rings (SSSR count). The number of likely N-dealkylation sites (N-methyl/N-ethyl adjacent to an activating group) is 1. The van der Waals surface area contributed by atoms with Crippen molar-refractivity contribution in [3.8, 4) is 11.5 Å². The van der Waals surface area contributed by atoms with Gasteiger partial charge in [0.1, 0.15) is 17.6 Å². The highest BCUT2D eigenvalue weighted by molar-refractivity contribution is 7.92. The van der Waals surface area contributed by atoms with Crippen molar-refractivity contribution in [1.29, 1.82) is 0 Å². The standard InChI is InChI=1S/C30H36N4O7S/c1-20-17-34(21(2)19-35)29(36)26-16-23(32-42(38,39)25-8-6-5-7-9-25)12-15-27(26)41-28(20)18-33(3)30(37)31-22-10-13-24(40-4)14-11-22/h5-16,20-21,28,32,35H,17-19H2,1-4H3,(H,31,37)/t20-,21-,28-/m1/s1. The van der Waals surface area contributed by atoms with Crippen LogP contribution in [-0.4, -0.2) is 81.3 Å². The maximum Gasteiger partial charge on any atom is 0.321 e. The van der Waals surface area contributed by atoms with Crippen LogP contribution in [0.15, 0.2) is 77.7 Å². The van der Waals surface area contributed by atoms with Gasteiger partial charge in [-0.05, 0) is 61.5 Å². The summed E-state index contributed by atoms with van der Waals surface area (Å²) < 4.78 is 39.8. The second-order valence-corrected chi connectivity index (χ2v) is 12.0. The number of fused-ring (bicyclic) bond motifs is 1. The zero-order valence-corrected chi connectivity index (χ0v) is 24.8. The lowest BCUT2D eigenvalue weighted by molar-refractivity contribution is 0.0371. The first-order valence-electron chi connectivity index (χ1n) is 13.5. The van der Waals surface area contributed by atoms with Crippen LogP contribution in [0.3, 0.4) is 0 Å². The fraction of sp³-hybridized carbons (Fsp3) is 0.333. The predicted octanol–water partition coefficient (Wildman–Crippen LogP) is 3.88. The van der Waals surface area contributed by atoms with Gasteiger partial charge in [-0.25, -0.2) is 13.2 Å². The maximum absolute atomic E-state index is 13.7. The molecule has 0 spiro atoms. The predicted molar refractivity (Wildman–Crippen MR) is 159 cm³/mol. The number of nitrogens with one attached hydrogen (secondary N) is 2. The quantitative estimate of drug-likeness (QED) is 0.341. The van der Waals surface area contributed by atoms with E-state index in [0.717, 1.165) is 0 Å². The molecule has 0 fully saturated rings. The van der Waals surface area contributed by atoms with E-state index in [2.05, 4.69) is 10.0 Å². The number of ether oxygens (including phenoxy) is 2. The molecule has 0 saturated heterocycles. The van der Waals surface area contributed by atoms with Crippen LogP contribution in [0.4, 0.5) is 16.2 Å². The van der Waals surface area contributed by atoms with Crippen molar-refractivity contribution in [2.45, 2.75) is 30.9 Å². The molecule has 3 atom stereocenters. The maximum atomic E-state index is 13.7. The van der Waals surface area contributed by atoms with Crippen molar-refractivity contribution in [1.82, 2.24) is 9.80 Å². The molecule has 0 aromatic heterocycles. The third-order valence-corrected chi connectivity index (χ3v) is 8.51. The van der Waals surface area contributed by atoms with Gasteiger partial charge < -0.3 is 29.7 Å². The van der Waals surface area contributed by atoms with Crippen molar-refractivity contribution in [2.24, 2.45) is 5.92 Å². The minimum atomic E-state index is -3.90. The van der Waals surface area contributed by atoms with Crippen LogP contribution in [0.1, 0.15) is 24.2 Å². The fourth-order valence-corrected chi connectivity index (χ4v) is 5.63. The van der Waals surface area contributed by atoms with Crippen molar-refractivity contribution in [2.75, 3.05) is 43.9 Å². The number of aliphatic hydroxyl groups excluding tert-OH is 1. The summed E-state index contributed by atoms with van der Waals surface area (Å²) >= 11 is 0. The van der Waals surface area contributed by atoms with Gasteiger partial charge in [0.05, 0.1) is 36.8 Å². The Morgan fingerprint density at radius 3 is 2.43 bits per heavy atom. The van der Waals surface area contributed by atoms with Gasteiger partial charge in [-0.15, -0.1) is 0 Å². The Hall–Kier alpha value is -4.29. The number of sulfonamides is 1. The molecule has 0 saturated carbocycles. The van der Waals surface area contributed by atoms with Gasteiger partial charge in [0.2, 0.25) is 0 Å². The number of nitrogens with zero attached hydrogens (tertiary/aromatic N) is 2. The van der Waals surface area contributed by atoms with Crippen molar-refractivity contribution >= 4 is 33.3 Å². The lowest BCUT2D eigenvalue weighted by Gasteiger charge is -2.38. The van der Waals surface area contributed by atoms with E-state index in [1.54, 1.807) is 74.5 Å². The summed E-state index contributed by atoms with van der Waals surface area (Å²) in [5.41, 5.74) is 0.932. The number of hydrogen-bond acceptors (Lipinski definition) is 7. The summed E-state index contributed by atoms with van der Waals surface area (Å²) in [7, 11) is -0.684. The Morgan fingerprint density at radius 2 is 1.79 bits per heavy atom. The summed E-state index contributed by atoms with van der Waals surface area (Å²) in [6.45, 7) is 3.83. The lowest BCUT2D eigenvalue weighted by atomic mass is 9.99. The highest BCUT2D eigenvalue weighted by atomic mass is 32.2. The number of rotatable bonds is 9. The number of benzene rings is 3. The molecule has 3 aromatic carbocycles. The first kappa shape index (κ1) is 30.7. The summed E-state index contributed by atoms with van der Waals surface area (Å²) in [5, 5.41) is 12.7. The van der Waals surface area contributed by atoms with E-state index in [-0.39, 0.29) is 53.5 Å². The van der Waals surface area contributed by atoms with Crippen LogP contribution in [-0.2, 0) is 10.0 Å². The second kappa shape index (κ2) is 13.1. The number of urea groups is 1. The molecule has 3 amide bonds. The number of methoxy groups -OCH3 is 1. The minimum absolute atomic E-state index is 0.0830. The Balaban J connectivity index is 1.59. The Bertz CT molecular complexity index is 1500. The molecule has 42 heavy (non-hydrogen) atoms. The van der Waals surface area contributed by atoms with E-state index in [1.165, 1.54) is 29.2 Å². The Kier molecular flexibility index (Phi) is 9.59. The summed E-state index contributed by atoms with van der Waals surface area (Å²) in [5.74, 6) is 0.300. The van der Waals surface area contributed by atoms with E-state index in [9.17, 15) is 23.1 Å². The van der Waals surface area contributed by atoms with E-state index in [1.807, 2.05) is 6.92 Å². The number of carbonyl (C=O) groups is 2. The number of hydrogen-bond donors (Lipinski definition) is 3. The van der Waals surface area contributed by atoms with Gasteiger partial charge in [0.15, 0.2) is 0 Å². The van der Waals surface area contributed by atoms with E-state index >= 15 is 0 Å². The first-order chi connectivity index (χ1) is 20.0. The number of carbonyl (C=O) groups excluding carboxylic acids is 2. The number of aliphatic hydroxyl groups is 1. The third-order valence-electron chi connectivity index (χ3n) is 7.11. The lowest BCUT2D eigenvalue weighted by Crippen LogP contribution is -2.50. The zero-order valence-electron chi connectivity index (χ0n) is 24.0. The van der Waals surface area contributed by atoms with Gasteiger partial charge in [0.25, 0.3) is 15.9 Å². The largest absolute Gasteiger partial charge is 0.497 e. The van der Waals surface area contributed by atoms with Gasteiger partial charge in [-0.1, -0.05) is 25.1 Å². The highest BCUT2D eigenvalue weighted by Gasteiger charge is 2.34. The molecule has 3 N–H and O–H groups in total. The van der Waals surface area contributed by atoms with Crippen LogP contribution in [0.25, 0.3) is 0 Å². The summed E-state index contributed by atoms with van der Waals surface area (Å²) in [4.78, 5) is 29.8. The van der Waals surface area contributed by atoms with Gasteiger partial charge >= 0.3 is 6.03 Å². The zero-order chi connectivity index (χ0) is 30.4. The molecule has 224 valence electrons. The average Bonchev–Trinajstić information content (AvgIpc) is 2.99. The van der Waals surface area contributed by atoms with Crippen LogP contribution in [0, 0.1) is 5.92 Å². The molecule has 0 unspecified atom stereocenters. The SMILES string of the molecule is COc1ccc(NC(=O)N(C)C[C@H]2Oc3ccc(NS(=O)(=O)c4ccccc4)cc3C(=O)N([C@H](C)CO)C[C@H]2C)cc1. The van der Waals surface area contributed by atoms with E-state index < -0.39 is 28.1 Å². The second-order valence-electron chi connectivity index (χ2n) is 10.3. The average molecular weight is 597 g/mol. The number of amides is 3. The van der Waals surface area contributed by atoms with E-state index in [0.29, 0.717) is 11.4 Å². The van der Waals surface area contributed by atoms with E-state index in [4.69, 9.17) is 9.47 Å². The molecule has 0 bridgehead atoms. The van der Waals surface area contributed by atoms with Crippen LogP contribution in [0.5, 0.6) is 11.5 Å². The topological polar surface area (TPSA) is 138 Å². The van der Waals surface area contributed by atoms with Gasteiger partial charge in [-0.2, -0.15) is 0 Å². The van der Waals surface area contributed by atoms with Crippen molar-refractivity contribution in [3.05, 3.63) is 78.4 Å². The van der Waals surface area contributed by atoms with Gasteiger partial charge in [0, 0.05) is 30.9 Å². The first-order valence-corrected chi connectivity index (χ1v) is 15.0. The van der Waals surface area contributed by atoms with Crippen molar-refractivity contribution < 1.29 is 32.6 Å². The molecule has 0 aliphatic carbocycles. The molecule has 0 radical (unpaired) electrons. The molecule has 11 nitrogen and oxygen atoms in total. The van der Waals surface area contributed by atoms with Crippen LogP contribution >= 0.6 is 0 Å².